The van der Waals surface area contributed by atoms with Crippen molar-refractivity contribution in [3.05, 3.63) is 12.3 Å². The SMILES string of the molecule is CSCCN/C=C/C(=O)O. The average molecular weight is 161 g/mol. The molecule has 2 N–H and O–H groups in total. The largest absolute Gasteiger partial charge is 0.478 e. The molecule has 0 bridgehead atoms. The zero-order valence-electron chi connectivity index (χ0n) is 5.83. The number of nitrogens with one attached hydrogen (secondary N) is 1. The molecular formula is C6H11NO2S. The number of hydrogen-bond donors (Lipinski definition) is 2. The van der Waals surface area contributed by atoms with Crippen molar-refractivity contribution >= 4 is 17.7 Å². The fourth-order valence-electron chi connectivity index (χ4n) is 0.375. The third-order valence-corrected chi connectivity index (χ3v) is 1.41. The van der Waals surface area contributed by atoms with Crippen molar-refractivity contribution in [3.63, 3.8) is 0 Å². The van der Waals surface area contributed by atoms with Gasteiger partial charge in [0.25, 0.3) is 0 Å². The Morgan fingerprint density at radius 2 is 2.50 bits per heavy atom. The molecule has 0 aromatic heterocycles. The zero-order valence-corrected chi connectivity index (χ0v) is 6.65. The second-order valence-electron chi connectivity index (χ2n) is 1.62. The van der Waals surface area contributed by atoms with Gasteiger partial charge in [-0.1, -0.05) is 0 Å². The van der Waals surface area contributed by atoms with Gasteiger partial charge in [0.2, 0.25) is 0 Å². The van der Waals surface area contributed by atoms with Crippen LogP contribution in [0, 0.1) is 0 Å². The van der Waals surface area contributed by atoms with Gasteiger partial charge in [-0.25, -0.2) is 4.79 Å². The maximum Gasteiger partial charge on any atom is 0.329 e. The lowest BCUT2D eigenvalue weighted by molar-refractivity contribution is -0.131. The highest BCUT2D eigenvalue weighted by Crippen LogP contribution is 1.86. The Bertz CT molecular complexity index is 125. The van der Waals surface area contributed by atoms with Crippen LogP contribution in [0.2, 0.25) is 0 Å². The fraction of sp³-hybridized carbons (Fsp3) is 0.500. The van der Waals surface area contributed by atoms with Crippen LogP contribution in [0.3, 0.4) is 0 Å². The highest BCUT2D eigenvalue weighted by atomic mass is 32.2. The minimum Gasteiger partial charge on any atom is -0.478 e. The summed E-state index contributed by atoms with van der Waals surface area (Å²) in [4.78, 5) is 9.90. The Kier molecular flexibility index (Phi) is 6.06. The molecule has 0 radical (unpaired) electrons. The molecule has 3 nitrogen and oxygen atoms in total. The highest BCUT2D eigenvalue weighted by molar-refractivity contribution is 7.98. The highest BCUT2D eigenvalue weighted by Gasteiger charge is 1.83. The van der Waals surface area contributed by atoms with E-state index in [1.165, 1.54) is 6.20 Å². The summed E-state index contributed by atoms with van der Waals surface area (Å²) in [7, 11) is 0. The summed E-state index contributed by atoms with van der Waals surface area (Å²) in [5.74, 6) is 0.0703. The van der Waals surface area contributed by atoms with Gasteiger partial charge >= 0.3 is 5.97 Å². The quantitative estimate of drug-likeness (QED) is 0.456. The Labute approximate surface area is 64.5 Å². The molecule has 4 heteroatoms. The summed E-state index contributed by atoms with van der Waals surface area (Å²) in [6.45, 7) is 0.810. The lowest BCUT2D eigenvalue weighted by atomic mass is 10.6. The molecule has 0 atom stereocenters. The lowest BCUT2D eigenvalue weighted by Crippen LogP contribution is -2.09. The van der Waals surface area contributed by atoms with Crippen molar-refractivity contribution in [2.75, 3.05) is 18.6 Å². The molecule has 0 aromatic rings. The second-order valence-corrected chi connectivity index (χ2v) is 2.60. The van der Waals surface area contributed by atoms with E-state index >= 15 is 0 Å². The normalized spacial score (nSPS) is 10.1. The first-order valence-corrected chi connectivity index (χ1v) is 4.28. The minimum atomic E-state index is -0.920. The van der Waals surface area contributed by atoms with Crippen LogP contribution in [-0.4, -0.2) is 29.6 Å². The van der Waals surface area contributed by atoms with Crippen molar-refractivity contribution in [1.29, 1.82) is 0 Å². The number of rotatable bonds is 5. The monoisotopic (exact) mass is 161 g/mol. The smallest absolute Gasteiger partial charge is 0.329 e. The van der Waals surface area contributed by atoms with E-state index in [1.54, 1.807) is 11.8 Å². The summed E-state index contributed by atoms with van der Waals surface area (Å²) in [6, 6.07) is 0. The molecule has 0 aliphatic heterocycles. The van der Waals surface area contributed by atoms with E-state index in [1.807, 2.05) is 6.26 Å². The third-order valence-electron chi connectivity index (χ3n) is 0.794. The number of carboxylic acid groups (broad SMARTS) is 1. The Morgan fingerprint density at radius 3 is 3.00 bits per heavy atom. The summed E-state index contributed by atoms with van der Waals surface area (Å²) < 4.78 is 0. The van der Waals surface area contributed by atoms with Crippen LogP contribution < -0.4 is 5.32 Å². The molecule has 0 unspecified atom stereocenters. The molecule has 0 saturated heterocycles. The summed E-state index contributed by atoms with van der Waals surface area (Å²) in [6.07, 6.45) is 4.53. The van der Waals surface area contributed by atoms with Crippen molar-refractivity contribution in [1.82, 2.24) is 5.32 Å². The predicted octanol–water partition coefficient (Wildman–Crippen LogP) is 0.537. The number of thioether (sulfide) groups is 1. The first kappa shape index (κ1) is 9.36. The van der Waals surface area contributed by atoms with Gasteiger partial charge in [-0.15, -0.1) is 0 Å². The van der Waals surface area contributed by atoms with Crippen LogP contribution in [0.4, 0.5) is 0 Å². The molecule has 0 amide bonds. The van der Waals surface area contributed by atoms with Gasteiger partial charge in [-0.05, 0) is 6.26 Å². The van der Waals surface area contributed by atoms with Gasteiger partial charge in [0.1, 0.15) is 0 Å². The first-order chi connectivity index (χ1) is 4.77. The number of carbonyl (C=O) groups is 1. The van der Waals surface area contributed by atoms with Crippen molar-refractivity contribution in [2.45, 2.75) is 0 Å². The van der Waals surface area contributed by atoms with Crippen molar-refractivity contribution in [3.8, 4) is 0 Å². The predicted molar refractivity (Wildman–Crippen MR) is 43.2 cm³/mol. The van der Waals surface area contributed by atoms with Gasteiger partial charge in [-0.2, -0.15) is 11.8 Å². The van der Waals surface area contributed by atoms with Gasteiger partial charge in [-0.3, -0.25) is 0 Å². The Hall–Kier alpha value is -0.640. The van der Waals surface area contributed by atoms with E-state index in [-0.39, 0.29) is 0 Å². The Morgan fingerprint density at radius 1 is 1.80 bits per heavy atom. The molecule has 0 rings (SSSR count). The van der Waals surface area contributed by atoms with Crippen LogP contribution >= 0.6 is 11.8 Å². The molecule has 0 heterocycles. The molecule has 10 heavy (non-hydrogen) atoms. The minimum absolute atomic E-state index is 0.810. The van der Waals surface area contributed by atoms with Crippen LogP contribution in [0.15, 0.2) is 12.3 Å². The van der Waals surface area contributed by atoms with E-state index in [2.05, 4.69) is 5.32 Å². The first-order valence-electron chi connectivity index (χ1n) is 2.89. The second kappa shape index (κ2) is 6.48. The Balaban J connectivity index is 3.10. The number of hydrogen-bond acceptors (Lipinski definition) is 3. The molecule has 0 aliphatic rings. The maximum absolute atomic E-state index is 9.90. The topological polar surface area (TPSA) is 49.3 Å². The zero-order chi connectivity index (χ0) is 7.82. The van der Waals surface area contributed by atoms with Gasteiger partial charge in [0.05, 0.1) is 0 Å². The fourth-order valence-corrected chi connectivity index (χ4v) is 0.697. The summed E-state index contributed by atoms with van der Waals surface area (Å²) in [5, 5.41) is 11.0. The van der Waals surface area contributed by atoms with E-state index in [0.29, 0.717) is 0 Å². The standard InChI is InChI=1S/C6H11NO2S/c1-10-5-4-7-3-2-6(8)9/h2-3,7H,4-5H2,1H3,(H,8,9)/b3-2+. The third kappa shape index (κ3) is 7.36. The number of carboxylic acids is 1. The van der Waals surface area contributed by atoms with Crippen molar-refractivity contribution in [2.24, 2.45) is 0 Å². The van der Waals surface area contributed by atoms with Crippen LogP contribution in [-0.2, 0) is 4.79 Å². The van der Waals surface area contributed by atoms with E-state index in [0.717, 1.165) is 18.4 Å². The molecule has 0 aromatic carbocycles. The van der Waals surface area contributed by atoms with E-state index in [9.17, 15) is 4.79 Å². The number of aliphatic carboxylic acids is 1. The molecule has 0 fully saturated rings. The van der Waals surface area contributed by atoms with Crippen LogP contribution in [0.1, 0.15) is 0 Å². The van der Waals surface area contributed by atoms with Crippen LogP contribution in [0.25, 0.3) is 0 Å². The average Bonchev–Trinajstić information content (AvgIpc) is 1.87. The lowest BCUT2D eigenvalue weighted by Gasteiger charge is -1.94. The molecule has 0 saturated carbocycles. The van der Waals surface area contributed by atoms with Crippen molar-refractivity contribution < 1.29 is 9.90 Å². The van der Waals surface area contributed by atoms with E-state index in [4.69, 9.17) is 5.11 Å². The van der Waals surface area contributed by atoms with E-state index < -0.39 is 5.97 Å². The molecule has 0 aliphatic carbocycles. The van der Waals surface area contributed by atoms with Gasteiger partial charge in [0.15, 0.2) is 0 Å². The maximum atomic E-state index is 9.90. The van der Waals surface area contributed by atoms with Crippen LogP contribution in [0.5, 0.6) is 0 Å². The molecule has 58 valence electrons. The summed E-state index contributed by atoms with van der Waals surface area (Å²) in [5.41, 5.74) is 0. The van der Waals surface area contributed by atoms with Gasteiger partial charge in [0, 0.05) is 24.6 Å². The summed E-state index contributed by atoms with van der Waals surface area (Å²) >= 11 is 1.72. The van der Waals surface area contributed by atoms with Gasteiger partial charge < -0.3 is 10.4 Å². The molecular weight excluding hydrogens is 150 g/mol. The molecule has 0 spiro atoms.